The smallest absolute Gasteiger partial charge is 0.343 e. The van der Waals surface area contributed by atoms with E-state index in [-0.39, 0.29) is 29.4 Å². The maximum atomic E-state index is 13.1. The van der Waals surface area contributed by atoms with E-state index >= 15 is 0 Å². The van der Waals surface area contributed by atoms with Crippen LogP contribution in [0.3, 0.4) is 0 Å². The average Bonchev–Trinajstić information content (AvgIpc) is 2.66. The van der Waals surface area contributed by atoms with Crippen LogP contribution in [0.2, 0.25) is 0 Å². The highest BCUT2D eigenvalue weighted by molar-refractivity contribution is 7.94. The molecule has 0 spiro atoms. The first-order chi connectivity index (χ1) is 12.9. The molecule has 0 saturated carbocycles. The number of carbonyl (C=O) groups excluding carboxylic acids is 2. The van der Waals surface area contributed by atoms with E-state index in [1.54, 1.807) is 43.3 Å². The Hall–Kier alpha value is -2.87. The summed E-state index contributed by atoms with van der Waals surface area (Å²) < 4.78 is 31.8. The van der Waals surface area contributed by atoms with Gasteiger partial charge in [0.25, 0.3) is 10.0 Å². The van der Waals surface area contributed by atoms with Crippen molar-refractivity contribution >= 4 is 33.4 Å². The van der Waals surface area contributed by atoms with Crippen molar-refractivity contribution in [2.75, 3.05) is 22.4 Å². The van der Waals surface area contributed by atoms with Crippen molar-refractivity contribution in [1.29, 1.82) is 0 Å². The number of hydrogen-bond donors (Lipinski definition) is 0. The lowest BCUT2D eigenvalue weighted by atomic mass is 10.1. The van der Waals surface area contributed by atoms with Crippen molar-refractivity contribution in [3.8, 4) is 0 Å². The number of para-hydroxylation sites is 1. The normalized spacial score (nSPS) is 15.4. The molecule has 3 rings (SSSR count). The van der Waals surface area contributed by atoms with Gasteiger partial charge in [0.05, 0.1) is 18.0 Å². The molecule has 0 saturated heterocycles. The third kappa shape index (κ3) is 3.40. The van der Waals surface area contributed by atoms with Gasteiger partial charge in [0.1, 0.15) is 11.4 Å². The van der Waals surface area contributed by atoms with Crippen LogP contribution in [-0.2, 0) is 26.0 Å². The minimum absolute atomic E-state index is 0.0338. The first kappa shape index (κ1) is 18.9. The number of rotatable bonds is 5. The third-order valence-electron chi connectivity index (χ3n) is 4.25. The quantitative estimate of drug-likeness (QED) is 0.736. The van der Waals surface area contributed by atoms with Gasteiger partial charge in [-0.15, -0.1) is 0 Å². The predicted octanol–water partition coefficient (Wildman–Crippen LogP) is 2.95. The first-order valence-electron chi connectivity index (χ1n) is 8.60. The van der Waals surface area contributed by atoms with Gasteiger partial charge in [0, 0.05) is 0 Å². The van der Waals surface area contributed by atoms with Crippen molar-refractivity contribution in [1.82, 2.24) is 0 Å². The number of amides is 2. The van der Waals surface area contributed by atoms with Crippen LogP contribution in [0.5, 0.6) is 0 Å². The molecule has 1 aliphatic heterocycles. The summed E-state index contributed by atoms with van der Waals surface area (Å²) >= 11 is 0. The molecule has 7 nitrogen and oxygen atoms in total. The van der Waals surface area contributed by atoms with Crippen LogP contribution in [0.4, 0.5) is 16.2 Å². The van der Waals surface area contributed by atoms with E-state index < -0.39 is 22.0 Å². The minimum Gasteiger partial charge on any atom is -0.465 e. The van der Waals surface area contributed by atoms with Crippen LogP contribution < -0.4 is 9.21 Å². The standard InChI is InChI=1S/C19H20N2O5S/c1-3-14-9-11-15(12-10-14)21-19(23)20(13-18(22)26-4-2)16-7-5-6-8-17(16)27(21,24)25/h5-12H,3-4,13H2,1-2H3. The first-order valence-corrected chi connectivity index (χ1v) is 10.0. The van der Waals surface area contributed by atoms with Crippen molar-refractivity contribution in [3.63, 3.8) is 0 Å². The van der Waals surface area contributed by atoms with Gasteiger partial charge >= 0.3 is 12.0 Å². The van der Waals surface area contributed by atoms with Crippen LogP contribution >= 0.6 is 0 Å². The summed E-state index contributed by atoms with van der Waals surface area (Å²) in [6.45, 7) is 3.44. The van der Waals surface area contributed by atoms with Crippen LogP contribution in [0.1, 0.15) is 19.4 Å². The molecular formula is C19H20N2O5S. The molecule has 0 N–H and O–H groups in total. The maximum Gasteiger partial charge on any atom is 0.343 e. The molecule has 0 bridgehead atoms. The van der Waals surface area contributed by atoms with Gasteiger partial charge in [0.2, 0.25) is 0 Å². The summed E-state index contributed by atoms with van der Waals surface area (Å²) in [6, 6.07) is 12.0. The van der Waals surface area contributed by atoms with Gasteiger partial charge < -0.3 is 4.74 Å². The van der Waals surface area contributed by atoms with Crippen LogP contribution in [0.15, 0.2) is 53.4 Å². The number of nitrogens with zero attached hydrogens (tertiary/aromatic N) is 2. The van der Waals surface area contributed by atoms with Gasteiger partial charge in [0.15, 0.2) is 0 Å². The number of esters is 1. The molecule has 2 amide bonds. The third-order valence-corrected chi connectivity index (χ3v) is 6.00. The molecular weight excluding hydrogens is 368 g/mol. The lowest BCUT2D eigenvalue weighted by Gasteiger charge is -2.35. The largest absolute Gasteiger partial charge is 0.465 e. The highest BCUT2D eigenvalue weighted by atomic mass is 32.2. The minimum atomic E-state index is -4.10. The van der Waals surface area contributed by atoms with Crippen molar-refractivity contribution < 1.29 is 22.7 Å². The summed E-state index contributed by atoms with van der Waals surface area (Å²) in [5, 5.41) is 0. The number of carbonyl (C=O) groups is 2. The zero-order valence-electron chi connectivity index (χ0n) is 15.1. The number of hydrogen-bond acceptors (Lipinski definition) is 5. The van der Waals surface area contributed by atoms with E-state index in [1.165, 1.54) is 12.1 Å². The number of ether oxygens (including phenoxy) is 1. The van der Waals surface area contributed by atoms with E-state index in [2.05, 4.69) is 0 Å². The molecule has 0 atom stereocenters. The Labute approximate surface area is 158 Å². The Morgan fingerprint density at radius 1 is 1.04 bits per heavy atom. The Balaban J connectivity index is 2.11. The van der Waals surface area contributed by atoms with Crippen molar-refractivity contribution in [2.45, 2.75) is 25.2 Å². The molecule has 8 heteroatoms. The van der Waals surface area contributed by atoms with Gasteiger partial charge in [-0.05, 0) is 43.2 Å². The van der Waals surface area contributed by atoms with Crippen LogP contribution in [0, 0.1) is 0 Å². The Bertz CT molecular complexity index is 970. The van der Waals surface area contributed by atoms with E-state index in [4.69, 9.17) is 4.74 Å². The fourth-order valence-corrected chi connectivity index (χ4v) is 4.51. The molecule has 0 aromatic heterocycles. The summed E-state index contributed by atoms with van der Waals surface area (Å²) in [5.41, 5.74) is 1.40. The van der Waals surface area contributed by atoms with Gasteiger partial charge in [-0.2, -0.15) is 4.31 Å². The number of anilines is 2. The van der Waals surface area contributed by atoms with E-state index in [1.807, 2.05) is 6.92 Å². The Kier molecular flexibility index (Phi) is 5.18. The summed E-state index contributed by atoms with van der Waals surface area (Å²) in [4.78, 5) is 26.1. The second-order valence-electron chi connectivity index (χ2n) is 5.93. The van der Waals surface area contributed by atoms with Gasteiger partial charge in [-0.25, -0.2) is 13.2 Å². The summed E-state index contributed by atoms with van der Waals surface area (Å²) in [6.07, 6.45) is 0.790. The molecule has 1 aliphatic rings. The predicted molar refractivity (Wildman–Crippen MR) is 101 cm³/mol. The molecule has 0 fully saturated rings. The number of sulfonamides is 1. The second-order valence-corrected chi connectivity index (χ2v) is 7.69. The monoisotopic (exact) mass is 388 g/mol. The molecule has 2 aromatic carbocycles. The molecule has 2 aromatic rings. The molecule has 0 aliphatic carbocycles. The van der Waals surface area contributed by atoms with Crippen molar-refractivity contribution in [2.24, 2.45) is 0 Å². The number of aryl methyl sites for hydroxylation is 1. The highest BCUT2D eigenvalue weighted by Crippen LogP contribution is 2.37. The molecule has 1 heterocycles. The van der Waals surface area contributed by atoms with Crippen LogP contribution in [0.25, 0.3) is 0 Å². The van der Waals surface area contributed by atoms with E-state index in [9.17, 15) is 18.0 Å². The fourth-order valence-electron chi connectivity index (χ4n) is 2.92. The lowest BCUT2D eigenvalue weighted by molar-refractivity contribution is -0.141. The maximum absolute atomic E-state index is 13.1. The number of benzene rings is 2. The zero-order valence-corrected chi connectivity index (χ0v) is 15.9. The summed E-state index contributed by atoms with van der Waals surface area (Å²) in [5.74, 6) is -0.610. The van der Waals surface area contributed by atoms with E-state index in [0.717, 1.165) is 21.2 Å². The molecule has 0 radical (unpaired) electrons. The van der Waals surface area contributed by atoms with Crippen molar-refractivity contribution in [3.05, 3.63) is 54.1 Å². The molecule has 0 unspecified atom stereocenters. The molecule has 142 valence electrons. The van der Waals surface area contributed by atoms with E-state index in [0.29, 0.717) is 0 Å². The SMILES string of the molecule is CCOC(=O)CN1C(=O)N(c2ccc(CC)cc2)S(=O)(=O)c2ccccc21. The Morgan fingerprint density at radius 3 is 2.33 bits per heavy atom. The topological polar surface area (TPSA) is 84.0 Å². The number of fused-ring (bicyclic) bond motifs is 1. The van der Waals surface area contributed by atoms with Crippen LogP contribution in [-0.4, -0.2) is 33.6 Å². The van der Waals surface area contributed by atoms with Gasteiger partial charge in [-0.3, -0.25) is 9.69 Å². The zero-order chi connectivity index (χ0) is 19.6. The second kappa shape index (κ2) is 7.40. The Morgan fingerprint density at radius 2 is 1.70 bits per heavy atom. The lowest BCUT2D eigenvalue weighted by Crippen LogP contribution is -2.52. The van der Waals surface area contributed by atoms with Gasteiger partial charge in [-0.1, -0.05) is 31.2 Å². The fraction of sp³-hybridized carbons (Fsp3) is 0.263. The highest BCUT2D eigenvalue weighted by Gasteiger charge is 2.43. The summed E-state index contributed by atoms with van der Waals surface area (Å²) in [7, 11) is -4.10. The number of urea groups is 1. The molecule has 27 heavy (non-hydrogen) atoms. The average molecular weight is 388 g/mol.